The topological polar surface area (TPSA) is 42.4 Å². The fraction of sp³-hybridized carbons (Fsp3) is 0.733. The van der Waals surface area contributed by atoms with Crippen LogP contribution in [0.3, 0.4) is 0 Å². The molecule has 0 amide bonds. The number of hydrogen-bond donors (Lipinski definition) is 1. The fourth-order valence-electron chi connectivity index (χ4n) is 3.13. The zero-order chi connectivity index (χ0) is 13.0. The van der Waals surface area contributed by atoms with Gasteiger partial charge in [0.1, 0.15) is 11.5 Å². The molecule has 2 unspecified atom stereocenters. The standard InChI is InChI=1S/C15H26N2O/c1-3-13-8-9-14(18-13)11-17(4-2)15-7-5-6-12(15)10-16/h8-9,12,15H,3-7,10-11,16H2,1-2H3. The minimum atomic E-state index is 0.648. The first kappa shape index (κ1) is 13.6. The summed E-state index contributed by atoms with van der Waals surface area (Å²) in [5.74, 6) is 2.85. The molecule has 0 saturated heterocycles. The van der Waals surface area contributed by atoms with E-state index in [0.29, 0.717) is 12.0 Å². The summed E-state index contributed by atoms with van der Waals surface area (Å²) in [5, 5.41) is 0. The first-order valence-electron chi connectivity index (χ1n) is 7.30. The van der Waals surface area contributed by atoms with Crippen LogP contribution in [0, 0.1) is 5.92 Å². The Morgan fingerprint density at radius 2 is 2.06 bits per heavy atom. The highest BCUT2D eigenvalue weighted by Crippen LogP contribution is 2.30. The maximum Gasteiger partial charge on any atom is 0.118 e. The summed E-state index contributed by atoms with van der Waals surface area (Å²) >= 11 is 0. The Bertz CT molecular complexity index is 361. The molecule has 18 heavy (non-hydrogen) atoms. The van der Waals surface area contributed by atoms with E-state index in [1.807, 2.05) is 0 Å². The molecule has 1 aliphatic rings. The molecule has 0 aliphatic heterocycles. The number of nitrogens with zero attached hydrogens (tertiary/aromatic N) is 1. The molecule has 1 saturated carbocycles. The molecule has 1 fully saturated rings. The van der Waals surface area contributed by atoms with Crippen LogP contribution in [-0.2, 0) is 13.0 Å². The van der Waals surface area contributed by atoms with Crippen molar-refractivity contribution < 1.29 is 4.42 Å². The highest BCUT2D eigenvalue weighted by atomic mass is 16.3. The summed E-state index contributed by atoms with van der Waals surface area (Å²) in [6.07, 6.45) is 4.87. The van der Waals surface area contributed by atoms with Crippen LogP contribution in [0.4, 0.5) is 0 Å². The van der Waals surface area contributed by atoms with Crippen LogP contribution >= 0.6 is 0 Å². The van der Waals surface area contributed by atoms with Crippen molar-refractivity contribution in [2.75, 3.05) is 13.1 Å². The van der Waals surface area contributed by atoms with Gasteiger partial charge in [0, 0.05) is 12.5 Å². The largest absolute Gasteiger partial charge is 0.465 e. The van der Waals surface area contributed by atoms with Gasteiger partial charge in [-0.15, -0.1) is 0 Å². The van der Waals surface area contributed by atoms with Crippen LogP contribution < -0.4 is 5.73 Å². The van der Waals surface area contributed by atoms with E-state index in [0.717, 1.165) is 37.6 Å². The maximum atomic E-state index is 5.89. The number of aryl methyl sites for hydroxylation is 1. The van der Waals surface area contributed by atoms with E-state index >= 15 is 0 Å². The van der Waals surface area contributed by atoms with Crippen molar-refractivity contribution in [3.63, 3.8) is 0 Å². The monoisotopic (exact) mass is 250 g/mol. The van der Waals surface area contributed by atoms with Crippen LogP contribution in [0.15, 0.2) is 16.5 Å². The predicted octanol–water partition coefficient (Wildman–Crippen LogP) is 2.79. The molecule has 0 spiro atoms. The third kappa shape index (κ3) is 2.96. The molecule has 2 atom stereocenters. The van der Waals surface area contributed by atoms with Crippen molar-refractivity contribution in [3.8, 4) is 0 Å². The molecule has 0 bridgehead atoms. The maximum absolute atomic E-state index is 5.89. The highest BCUT2D eigenvalue weighted by Gasteiger charge is 2.30. The van der Waals surface area contributed by atoms with E-state index in [-0.39, 0.29) is 0 Å². The van der Waals surface area contributed by atoms with Gasteiger partial charge in [0.15, 0.2) is 0 Å². The third-order valence-corrected chi connectivity index (χ3v) is 4.22. The molecule has 1 aromatic heterocycles. The van der Waals surface area contributed by atoms with E-state index in [2.05, 4.69) is 30.9 Å². The Hall–Kier alpha value is -0.800. The van der Waals surface area contributed by atoms with Crippen LogP contribution in [0.2, 0.25) is 0 Å². The lowest BCUT2D eigenvalue weighted by Crippen LogP contribution is -2.39. The van der Waals surface area contributed by atoms with Crippen molar-refractivity contribution in [2.24, 2.45) is 11.7 Å². The Morgan fingerprint density at radius 1 is 1.28 bits per heavy atom. The lowest BCUT2D eigenvalue weighted by Gasteiger charge is -2.31. The Morgan fingerprint density at radius 3 is 2.67 bits per heavy atom. The second-order valence-corrected chi connectivity index (χ2v) is 5.28. The van der Waals surface area contributed by atoms with E-state index in [4.69, 9.17) is 10.2 Å². The van der Waals surface area contributed by atoms with Gasteiger partial charge >= 0.3 is 0 Å². The summed E-state index contributed by atoms with van der Waals surface area (Å²) in [5.41, 5.74) is 5.89. The van der Waals surface area contributed by atoms with Gasteiger partial charge in [0.05, 0.1) is 6.54 Å². The predicted molar refractivity (Wildman–Crippen MR) is 74.4 cm³/mol. The smallest absolute Gasteiger partial charge is 0.118 e. The van der Waals surface area contributed by atoms with Gasteiger partial charge in [-0.1, -0.05) is 20.3 Å². The van der Waals surface area contributed by atoms with Crippen molar-refractivity contribution in [3.05, 3.63) is 23.7 Å². The average Bonchev–Trinajstić information content (AvgIpc) is 3.04. The van der Waals surface area contributed by atoms with Gasteiger partial charge in [-0.25, -0.2) is 0 Å². The van der Waals surface area contributed by atoms with E-state index in [9.17, 15) is 0 Å². The van der Waals surface area contributed by atoms with E-state index in [1.54, 1.807) is 0 Å². The Balaban J connectivity index is 2.00. The van der Waals surface area contributed by atoms with Gasteiger partial charge in [-0.2, -0.15) is 0 Å². The molecule has 1 aliphatic carbocycles. The molecule has 1 heterocycles. The molecule has 3 heteroatoms. The minimum Gasteiger partial charge on any atom is -0.465 e. The molecular formula is C15H26N2O. The summed E-state index contributed by atoms with van der Waals surface area (Å²) in [4.78, 5) is 2.53. The van der Waals surface area contributed by atoms with Crippen LogP contribution in [0.1, 0.15) is 44.6 Å². The number of furan rings is 1. The van der Waals surface area contributed by atoms with Gasteiger partial charge in [0.25, 0.3) is 0 Å². The number of nitrogens with two attached hydrogens (primary N) is 1. The van der Waals surface area contributed by atoms with E-state index in [1.165, 1.54) is 19.3 Å². The highest BCUT2D eigenvalue weighted by molar-refractivity contribution is 5.07. The van der Waals surface area contributed by atoms with Crippen molar-refractivity contribution >= 4 is 0 Å². The summed E-state index contributed by atoms with van der Waals surface area (Å²) in [7, 11) is 0. The zero-order valence-corrected chi connectivity index (χ0v) is 11.7. The molecule has 2 N–H and O–H groups in total. The molecule has 1 aromatic rings. The summed E-state index contributed by atoms with van der Waals surface area (Å²) < 4.78 is 5.82. The molecule has 102 valence electrons. The van der Waals surface area contributed by atoms with Crippen molar-refractivity contribution in [1.82, 2.24) is 4.90 Å². The van der Waals surface area contributed by atoms with Crippen LogP contribution in [-0.4, -0.2) is 24.0 Å². The van der Waals surface area contributed by atoms with Gasteiger partial charge < -0.3 is 10.2 Å². The molecule has 3 nitrogen and oxygen atoms in total. The Labute approximate surface area is 110 Å². The third-order valence-electron chi connectivity index (χ3n) is 4.22. The number of rotatable bonds is 6. The van der Waals surface area contributed by atoms with Crippen molar-refractivity contribution in [2.45, 2.75) is 52.1 Å². The Kier molecular flexibility index (Phi) is 4.84. The first-order valence-corrected chi connectivity index (χ1v) is 7.30. The zero-order valence-electron chi connectivity index (χ0n) is 11.7. The molecule has 0 radical (unpaired) electrons. The van der Waals surface area contributed by atoms with Gasteiger partial charge in [0.2, 0.25) is 0 Å². The SMILES string of the molecule is CCc1ccc(CN(CC)C2CCCC2CN)o1. The van der Waals surface area contributed by atoms with Crippen LogP contribution in [0.5, 0.6) is 0 Å². The first-order chi connectivity index (χ1) is 8.78. The van der Waals surface area contributed by atoms with Gasteiger partial charge in [-0.05, 0) is 44.0 Å². The summed E-state index contributed by atoms with van der Waals surface area (Å²) in [6, 6.07) is 4.86. The normalized spacial score (nSPS) is 24.0. The van der Waals surface area contributed by atoms with Gasteiger partial charge in [-0.3, -0.25) is 4.90 Å². The average molecular weight is 250 g/mol. The van der Waals surface area contributed by atoms with E-state index < -0.39 is 0 Å². The number of hydrogen-bond acceptors (Lipinski definition) is 3. The van der Waals surface area contributed by atoms with Crippen LogP contribution in [0.25, 0.3) is 0 Å². The molecule has 0 aromatic carbocycles. The quantitative estimate of drug-likeness (QED) is 0.844. The molecular weight excluding hydrogens is 224 g/mol. The second kappa shape index (κ2) is 6.39. The lowest BCUT2D eigenvalue weighted by molar-refractivity contribution is 0.150. The van der Waals surface area contributed by atoms with Crippen molar-refractivity contribution in [1.29, 1.82) is 0 Å². The fourth-order valence-corrected chi connectivity index (χ4v) is 3.13. The molecule has 2 rings (SSSR count). The second-order valence-electron chi connectivity index (χ2n) is 5.28. The minimum absolute atomic E-state index is 0.648. The summed E-state index contributed by atoms with van der Waals surface area (Å²) in [6.45, 7) is 7.18. The lowest BCUT2D eigenvalue weighted by atomic mass is 10.0.